The van der Waals surface area contributed by atoms with Crippen LogP contribution in [-0.2, 0) is 4.79 Å². The summed E-state index contributed by atoms with van der Waals surface area (Å²) in [6, 6.07) is 7.36. The zero-order valence-electron chi connectivity index (χ0n) is 13.6. The van der Waals surface area contributed by atoms with E-state index in [1.807, 2.05) is 30.5 Å². The van der Waals surface area contributed by atoms with Gasteiger partial charge in [0.2, 0.25) is 5.91 Å². The van der Waals surface area contributed by atoms with Crippen molar-refractivity contribution < 1.29 is 9.59 Å². The number of anilines is 1. The lowest BCUT2D eigenvalue weighted by Gasteiger charge is -2.34. The van der Waals surface area contributed by atoms with E-state index in [4.69, 9.17) is 0 Å². The molecule has 1 aromatic carbocycles. The molecule has 1 aliphatic rings. The van der Waals surface area contributed by atoms with E-state index in [-0.39, 0.29) is 18.4 Å². The molecule has 1 aromatic heterocycles. The molecule has 0 unspecified atom stereocenters. The number of thiazole rings is 1. The van der Waals surface area contributed by atoms with Crippen molar-refractivity contribution in [3.8, 4) is 0 Å². The van der Waals surface area contributed by atoms with E-state index in [1.165, 1.54) is 0 Å². The van der Waals surface area contributed by atoms with Gasteiger partial charge in [0.15, 0.2) is 5.13 Å². The maximum absolute atomic E-state index is 12.3. The molecule has 126 valence electrons. The molecule has 1 saturated heterocycles. The van der Waals surface area contributed by atoms with Gasteiger partial charge in [0.1, 0.15) is 0 Å². The first kappa shape index (κ1) is 16.4. The number of carbonyl (C=O) groups excluding carboxylic acids is 2. The number of benzene rings is 1. The third-order valence-electron chi connectivity index (χ3n) is 4.11. The second-order valence-electron chi connectivity index (χ2n) is 5.68. The average Bonchev–Trinajstić information content (AvgIpc) is 3.14. The largest absolute Gasteiger partial charge is 0.345 e. The van der Waals surface area contributed by atoms with Gasteiger partial charge in [-0.15, -0.1) is 11.3 Å². The van der Waals surface area contributed by atoms with Crippen LogP contribution < -0.4 is 10.2 Å². The molecule has 1 N–H and O–H groups in total. The number of aromatic nitrogens is 1. The fourth-order valence-electron chi connectivity index (χ4n) is 2.71. The van der Waals surface area contributed by atoms with Gasteiger partial charge in [0.25, 0.3) is 5.91 Å². The Morgan fingerprint density at radius 1 is 1.21 bits per heavy atom. The lowest BCUT2D eigenvalue weighted by molar-refractivity contribution is -0.130. The van der Waals surface area contributed by atoms with Crippen molar-refractivity contribution in [2.75, 3.05) is 37.6 Å². The van der Waals surface area contributed by atoms with Gasteiger partial charge in [-0.1, -0.05) is 18.2 Å². The Morgan fingerprint density at radius 3 is 2.62 bits per heavy atom. The topological polar surface area (TPSA) is 65.5 Å². The van der Waals surface area contributed by atoms with Crippen molar-refractivity contribution >= 4 is 28.3 Å². The molecule has 0 spiro atoms. The number of nitrogens with zero attached hydrogens (tertiary/aromatic N) is 3. The number of nitrogens with one attached hydrogen (secondary N) is 1. The van der Waals surface area contributed by atoms with E-state index < -0.39 is 0 Å². The number of amides is 2. The molecule has 2 heterocycles. The highest BCUT2D eigenvalue weighted by Crippen LogP contribution is 2.18. The number of hydrogen-bond acceptors (Lipinski definition) is 5. The Hall–Kier alpha value is -2.41. The molecule has 2 aromatic rings. The summed E-state index contributed by atoms with van der Waals surface area (Å²) in [5, 5.41) is 5.67. The molecule has 0 bridgehead atoms. The Kier molecular flexibility index (Phi) is 5.10. The zero-order chi connectivity index (χ0) is 16.9. The van der Waals surface area contributed by atoms with Gasteiger partial charge in [-0.25, -0.2) is 4.98 Å². The summed E-state index contributed by atoms with van der Waals surface area (Å²) in [4.78, 5) is 32.7. The Morgan fingerprint density at radius 2 is 1.96 bits per heavy atom. The summed E-state index contributed by atoms with van der Waals surface area (Å²) in [7, 11) is 0. The third-order valence-corrected chi connectivity index (χ3v) is 4.94. The van der Waals surface area contributed by atoms with Crippen LogP contribution >= 0.6 is 11.3 Å². The van der Waals surface area contributed by atoms with Crippen LogP contribution in [0.15, 0.2) is 35.8 Å². The highest BCUT2D eigenvalue weighted by molar-refractivity contribution is 7.13. The summed E-state index contributed by atoms with van der Waals surface area (Å²) in [6.45, 7) is 4.76. The molecule has 0 atom stereocenters. The van der Waals surface area contributed by atoms with Gasteiger partial charge < -0.3 is 15.1 Å². The number of carbonyl (C=O) groups is 2. The first-order valence-corrected chi connectivity index (χ1v) is 8.79. The van der Waals surface area contributed by atoms with Gasteiger partial charge >= 0.3 is 0 Å². The van der Waals surface area contributed by atoms with Gasteiger partial charge in [-0.2, -0.15) is 0 Å². The van der Waals surface area contributed by atoms with Gasteiger partial charge in [0, 0.05) is 43.3 Å². The number of aryl methyl sites for hydroxylation is 1. The predicted molar refractivity (Wildman–Crippen MR) is 94.4 cm³/mol. The van der Waals surface area contributed by atoms with Crippen LogP contribution in [0.3, 0.4) is 0 Å². The van der Waals surface area contributed by atoms with Crippen LogP contribution in [0.5, 0.6) is 0 Å². The van der Waals surface area contributed by atoms with Crippen molar-refractivity contribution in [2.24, 2.45) is 0 Å². The smallest absolute Gasteiger partial charge is 0.251 e. The van der Waals surface area contributed by atoms with Crippen LogP contribution in [0, 0.1) is 6.92 Å². The summed E-state index contributed by atoms with van der Waals surface area (Å²) >= 11 is 1.61. The standard InChI is InChI=1S/C17H20N4O2S/c1-13-4-2-3-5-14(13)16(23)19-12-15(22)20-7-9-21(10-8-20)17-18-6-11-24-17/h2-6,11H,7-10,12H2,1H3,(H,19,23). The SMILES string of the molecule is Cc1ccccc1C(=O)NCC(=O)N1CCN(c2nccs2)CC1. The Labute approximate surface area is 145 Å². The molecule has 2 amide bonds. The van der Waals surface area contributed by atoms with Crippen molar-refractivity contribution in [1.29, 1.82) is 0 Å². The third kappa shape index (κ3) is 3.73. The lowest BCUT2D eigenvalue weighted by Crippen LogP contribution is -2.51. The van der Waals surface area contributed by atoms with Crippen LogP contribution in [0.4, 0.5) is 5.13 Å². The molecule has 3 rings (SSSR count). The van der Waals surface area contributed by atoms with Crippen LogP contribution in [0.2, 0.25) is 0 Å². The minimum Gasteiger partial charge on any atom is -0.345 e. The van der Waals surface area contributed by atoms with Crippen molar-refractivity contribution in [2.45, 2.75) is 6.92 Å². The maximum atomic E-state index is 12.3. The quantitative estimate of drug-likeness (QED) is 0.913. The van der Waals surface area contributed by atoms with Crippen molar-refractivity contribution in [3.63, 3.8) is 0 Å². The highest BCUT2D eigenvalue weighted by atomic mass is 32.1. The maximum Gasteiger partial charge on any atom is 0.251 e. The number of piperazine rings is 1. The minimum atomic E-state index is -0.206. The monoisotopic (exact) mass is 344 g/mol. The van der Waals surface area contributed by atoms with Crippen molar-refractivity contribution in [3.05, 3.63) is 47.0 Å². The first-order valence-electron chi connectivity index (χ1n) is 7.91. The fraction of sp³-hybridized carbons (Fsp3) is 0.353. The molecule has 0 aliphatic carbocycles. The lowest BCUT2D eigenvalue weighted by atomic mass is 10.1. The van der Waals surface area contributed by atoms with E-state index in [0.29, 0.717) is 18.7 Å². The predicted octanol–water partition coefficient (Wildman–Crippen LogP) is 1.53. The van der Waals surface area contributed by atoms with E-state index in [0.717, 1.165) is 23.8 Å². The molecular weight excluding hydrogens is 324 g/mol. The Bertz CT molecular complexity index is 709. The van der Waals surface area contributed by atoms with E-state index in [1.54, 1.807) is 28.5 Å². The summed E-state index contributed by atoms with van der Waals surface area (Å²) in [5.41, 5.74) is 1.51. The molecule has 6 nitrogen and oxygen atoms in total. The zero-order valence-corrected chi connectivity index (χ0v) is 14.4. The van der Waals surface area contributed by atoms with Gasteiger partial charge in [0.05, 0.1) is 6.54 Å². The molecule has 7 heteroatoms. The van der Waals surface area contributed by atoms with Crippen LogP contribution in [-0.4, -0.2) is 54.4 Å². The first-order chi connectivity index (χ1) is 11.6. The van der Waals surface area contributed by atoms with Gasteiger partial charge in [-0.3, -0.25) is 9.59 Å². The van der Waals surface area contributed by atoms with Crippen LogP contribution in [0.25, 0.3) is 0 Å². The highest BCUT2D eigenvalue weighted by Gasteiger charge is 2.22. The van der Waals surface area contributed by atoms with Gasteiger partial charge in [-0.05, 0) is 18.6 Å². The van der Waals surface area contributed by atoms with E-state index >= 15 is 0 Å². The average molecular weight is 344 g/mol. The number of hydrogen-bond donors (Lipinski definition) is 1. The molecule has 1 fully saturated rings. The van der Waals surface area contributed by atoms with Crippen molar-refractivity contribution in [1.82, 2.24) is 15.2 Å². The molecule has 0 saturated carbocycles. The fourth-order valence-corrected chi connectivity index (χ4v) is 3.41. The minimum absolute atomic E-state index is 0.0322. The summed E-state index contributed by atoms with van der Waals surface area (Å²) < 4.78 is 0. The second kappa shape index (κ2) is 7.44. The summed E-state index contributed by atoms with van der Waals surface area (Å²) in [5.74, 6) is -0.251. The molecule has 0 radical (unpaired) electrons. The second-order valence-corrected chi connectivity index (χ2v) is 6.55. The summed E-state index contributed by atoms with van der Waals surface area (Å²) in [6.07, 6.45) is 1.79. The van der Waals surface area contributed by atoms with E-state index in [2.05, 4.69) is 15.2 Å². The molecular formula is C17H20N4O2S. The number of rotatable bonds is 4. The normalized spacial score (nSPS) is 14.5. The van der Waals surface area contributed by atoms with Crippen LogP contribution in [0.1, 0.15) is 15.9 Å². The van der Waals surface area contributed by atoms with E-state index in [9.17, 15) is 9.59 Å². The Balaban J connectivity index is 1.48. The molecule has 24 heavy (non-hydrogen) atoms. The molecule has 1 aliphatic heterocycles.